The number of nitrogens with two attached hydrogens (primary N) is 1. The second-order valence-electron chi connectivity index (χ2n) is 6.03. The zero-order chi connectivity index (χ0) is 15.9. The highest BCUT2D eigenvalue weighted by Crippen LogP contribution is 2.22. The van der Waals surface area contributed by atoms with Gasteiger partial charge in [-0.15, -0.1) is 12.4 Å². The summed E-state index contributed by atoms with van der Waals surface area (Å²) in [6.45, 7) is 5.22. The molecule has 1 heterocycles. The van der Waals surface area contributed by atoms with Gasteiger partial charge in [0.15, 0.2) is 0 Å². The van der Waals surface area contributed by atoms with Crippen molar-refractivity contribution in [3.05, 3.63) is 34.3 Å². The molecule has 0 bridgehead atoms. The summed E-state index contributed by atoms with van der Waals surface area (Å²) < 4.78 is 0. The third-order valence-corrected chi connectivity index (χ3v) is 4.57. The molecule has 1 unspecified atom stereocenters. The minimum Gasteiger partial charge on any atom is -0.354 e. The minimum absolute atomic E-state index is 0. The molecule has 0 aliphatic carbocycles. The van der Waals surface area contributed by atoms with Gasteiger partial charge in [-0.25, -0.2) is 0 Å². The molecule has 2 rings (SSSR count). The first-order valence-corrected chi connectivity index (χ1v) is 8.44. The number of benzene rings is 1. The topological polar surface area (TPSA) is 58.4 Å². The molecule has 23 heavy (non-hydrogen) atoms. The van der Waals surface area contributed by atoms with E-state index in [1.54, 1.807) is 0 Å². The van der Waals surface area contributed by atoms with Gasteiger partial charge in [0.2, 0.25) is 5.91 Å². The van der Waals surface area contributed by atoms with Crippen molar-refractivity contribution in [3.8, 4) is 0 Å². The Bertz CT molecular complexity index is 511. The normalized spacial score (nSPS) is 18.3. The van der Waals surface area contributed by atoms with Crippen molar-refractivity contribution < 1.29 is 4.79 Å². The maximum absolute atomic E-state index is 11.6. The van der Waals surface area contributed by atoms with Crippen LogP contribution in [0.15, 0.2) is 18.2 Å². The Hall–Kier alpha value is -0.810. The lowest BCUT2D eigenvalue weighted by Gasteiger charge is -2.36. The monoisotopic (exact) mass is 359 g/mol. The number of hydrogen-bond acceptors (Lipinski definition) is 3. The SMILES string of the molecule is Cc1cc(Cl)ccc1CN1CCCCC1CNC(=O)CCN.Cl. The van der Waals surface area contributed by atoms with Crippen LogP contribution in [0.5, 0.6) is 0 Å². The fourth-order valence-electron chi connectivity index (χ4n) is 3.01. The largest absolute Gasteiger partial charge is 0.354 e. The van der Waals surface area contributed by atoms with Gasteiger partial charge in [-0.1, -0.05) is 24.1 Å². The number of rotatable bonds is 6. The number of nitrogens with zero attached hydrogens (tertiary/aromatic N) is 1. The van der Waals surface area contributed by atoms with E-state index in [1.165, 1.54) is 24.0 Å². The van der Waals surface area contributed by atoms with Crippen LogP contribution in [0.4, 0.5) is 0 Å². The number of likely N-dealkylation sites (tertiary alicyclic amines) is 1. The molecule has 0 saturated carbocycles. The maximum atomic E-state index is 11.6. The van der Waals surface area contributed by atoms with Crippen molar-refractivity contribution in [1.29, 1.82) is 0 Å². The summed E-state index contributed by atoms with van der Waals surface area (Å²) >= 11 is 6.03. The van der Waals surface area contributed by atoms with E-state index in [0.717, 1.165) is 24.5 Å². The van der Waals surface area contributed by atoms with Crippen molar-refractivity contribution in [3.63, 3.8) is 0 Å². The molecule has 0 aromatic heterocycles. The van der Waals surface area contributed by atoms with Gasteiger partial charge in [0.1, 0.15) is 0 Å². The number of halogens is 2. The summed E-state index contributed by atoms with van der Waals surface area (Å²) in [5.41, 5.74) is 7.95. The van der Waals surface area contributed by atoms with Crippen LogP contribution in [-0.4, -0.2) is 36.5 Å². The molecule has 0 spiro atoms. The van der Waals surface area contributed by atoms with E-state index in [0.29, 0.717) is 25.6 Å². The van der Waals surface area contributed by atoms with Crippen molar-refractivity contribution in [2.45, 2.75) is 45.2 Å². The number of aryl methyl sites for hydroxylation is 1. The summed E-state index contributed by atoms with van der Waals surface area (Å²) in [6, 6.07) is 6.48. The first-order chi connectivity index (χ1) is 10.6. The van der Waals surface area contributed by atoms with Gasteiger partial charge in [0.25, 0.3) is 0 Å². The van der Waals surface area contributed by atoms with E-state index in [9.17, 15) is 4.79 Å². The van der Waals surface area contributed by atoms with E-state index < -0.39 is 0 Å². The Morgan fingerprint density at radius 2 is 2.22 bits per heavy atom. The Morgan fingerprint density at radius 1 is 1.43 bits per heavy atom. The van der Waals surface area contributed by atoms with Gasteiger partial charge in [-0.05, 0) is 49.6 Å². The number of nitrogens with one attached hydrogen (secondary N) is 1. The Morgan fingerprint density at radius 3 is 2.91 bits per heavy atom. The Labute approximate surface area is 150 Å². The maximum Gasteiger partial charge on any atom is 0.221 e. The molecule has 130 valence electrons. The summed E-state index contributed by atoms with van der Waals surface area (Å²) in [7, 11) is 0. The molecule has 1 fully saturated rings. The van der Waals surface area contributed by atoms with Crippen LogP contribution in [-0.2, 0) is 11.3 Å². The highest BCUT2D eigenvalue weighted by Gasteiger charge is 2.23. The Balaban J connectivity index is 0.00000264. The van der Waals surface area contributed by atoms with E-state index in [1.807, 2.05) is 12.1 Å². The summed E-state index contributed by atoms with van der Waals surface area (Å²) in [6.07, 6.45) is 3.99. The van der Waals surface area contributed by atoms with Crippen molar-refractivity contribution in [2.24, 2.45) is 5.73 Å². The quantitative estimate of drug-likeness (QED) is 0.820. The zero-order valence-electron chi connectivity index (χ0n) is 13.7. The molecule has 1 aliphatic rings. The molecule has 1 aromatic rings. The molecule has 1 aliphatic heterocycles. The second-order valence-corrected chi connectivity index (χ2v) is 6.47. The molecule has 4 nitrogen and oxygen atoms in total. The number of carbonyl (C=O) groups is 1. The van der Waals surface area contributed by atoms with Crippen molar-refractivity contribution >= 4 is 29.9 Å². The average Bonchev–Trinajstić information content (AvgIpc) is 2.49. The molecular formula is C17H27Cl2N3O. The number of amides is 1. The molecule has 1 atom stereocenters. The van der Waals surface area contributed by atoms with Crippen LogP contribution in [0, 0.1) is 6.92 Å². The molecular weight excluding hydrogens is 333 g/mol. The third kappa shape index (κ3) is 6.30. The van der Waals surface area contributed by atoms with Crippen molar-refractivity contribution in [2.75, 3.05) is 19.6 Å². The van der Waals surface area contributed by atoms with Gasteiger partial charge >= 0.3 is 0 Å². The molecule has 1 amide bonds. The number of carbonyl (C=O) groups excluding carboxylic acids is 1. The predicted octanol–water partition coefficient (Wildman–Crippen LogP) is 2.89. The highest BCUT2D eigenvalue weighted by molar-refractivity contribution is 6.30. The predicted molar refractivity (Wildman–Crippen MR) is 98.2 cm³/mol. The van der Waals surface area contributed by atoms with Crippen molar-refractivity contribution in [1.82, 2.24) is 10.2 Å². The first-order valence-electron chi connectivity index (χ1n) is 8.06. The molecule has 1 aromatic carbocycles. The van der Waals surface area contributed by atoms with Gasteiger partial charge in [0, 0.05) is 37.1 Å². The van der Waals surface area contributed by atoms with Crippen LogP contribution in [0.25, 0.3) is 0 Å². The van der Waals surface area contributed by atoms with E-state index >= 15 is 0 Å². The third-order valence-electron chi connectivity index (χ3n) is 4.33. The lowest BCUT2D eigenvalue weighted by molar-refractivity contribution is -0.121. The Kier molecular flexibility index (Phi) is 8.92. The standard InChI is InChI=1S/C17H26ClN3O.ClH/c1-13-10-15(18)6-5-14(13)12-21-9-3-2-4-16(21)11-20-17(22)7-8-19;/h5-6,10,16H,2-4,7-9,11-12,19H2,1H3,(H,20,22);1H. The summed E-state index contributed by atoms with van der Waals surface area (Å²) in [5, 5.41) is 3.79. The molecule has 3 N–H and O–H groups in total. The summed E-state index contributed by atoms with van der Waals surface area (Å²) in [5.74, 6) is 0.0516. The lowest BCUT2D eigenvalue weighted by atomic mass is 10.00. The van der Waals surface area contributed by atoms with Gasteiger partial charge in [0.05, 0.1) is 0 Å². The first kappa shape index (κ1) is 20.2. The highest BCUT2D eigenvalue weighted by atomic mass is 35.5. The van der Waals surface area contributed by atoms with Gasteiger partial charge in [-0.3, -0.25) is 9.69 Å². The van der Waals surface area contributed by atoms with E-state index in [2.05, 4.69) is 23.2 Å². The smallest absolute Gasteiger partial charge is 0.221 e. The van der Waals surface area contributed by atoms with Crippen LogP contribution >= 0.6 is 24.0 Å². The number of hydrogen-bond donors (Lipinski definition) is 2. The number of piperidine rings is 1. The lowest BCUT2D eigenvalue weighted by Crippen LogP contribution is -2.46. The fraction of sp³-hybridized carbons (Fsp3) is 0.588. The average molecular weight is 360 g/mol. The van der Waals surface area contributed by atoms with E-state index in [-0.39, 0.29) is 18.3 Å². The fourth-order valence-corrected chi connectivity index (χ4v) is 3.23. The molecule has 1 saturated heterocycles. The van der Waals surface area contributed by atoms with Crippen LogP contribution < -0.4 is 11.1 Å². The van der Waals surface area contributed by atoms with Crippen LogP contribution in [0.3, 0.4) is 0 Å². The zero-order valence-corrected chi connectivity index (χ0v) is 15.3. The second kappa shape index (κ2) is 10.1. The van der Waals surface area contributed by atoms with E-state index in [4.69, 9.17) is 17.3 Å². The minimum atomic E-state index is 0. The van der Waals surface area contributed by atoms with Crippen LogP contribution in [0.2, 0.25) is 5.02 Å². The summed E-state index contributed by atoms with van der Waals surface area (Å²) in [4.78, 5) is 14.1. The van der Waals surface area contributed by atoms with Gasteiger partial charge in [-0.2, -0.15) is 0 Å². The van der Waals surface area contributed by atoms with Crippen LogP contribution in [0.1, 0.15) is 36.8 Å². The molecule has 0 radical (unpaired) electrons. The van der Waals surface area contributed by atoms with Gasteiger partial charge < -0.3 is 11.1 Å². The molecule has 6 heteroatoms.